The molecule has 3 aromatic rings. The summed E-state index contributed by atoms with van der Waals surface area (Å²) < 4.78 is 5.79. The Kier molecular flexibility index (Phi) is 4.55. The van der Waals surface area contributed by atoms with E-state index >= 15 is 0 Å². The lowest BCUT2D eigenvalue weighted by Gasteiger charge is -2.18. The van der Waals surface area contributed by atoms with Gasteiger partial charge < -0.3 is 4.74 Å². The van der Waals surface area contributed by atoms with E-state index in [1.807, 2.05) is 23.5 Å². The van der Waals surface area contributed by atoms with Gasteiger partial charge in [0.25, 0.3) is 0 Å². The highest BCUT2D eigenvalue weighted by Crippen LogP contribution is 2.35. The lowest BCUT2D eigenvalue weighted by Crippen LogP contribution is -2.25. The number of fused-ring (bicyclic) bond motifs is 1. The number of nitrogens with zero attached hydrogens (tertiary/aromatic N) is 1. The number of nitrogens with one attached hydrogen (secondary N) is 1. The quantitative estimate of drug-likeness (QED) is 0.716. The van der Waals surface area contributed by atoms with Crippen LogP contribution < -0.4 is 10.1 Å². The molecule has 2 heterocycles. The maximum absolute atomic E-state index is 5.79. The fraction of sp³-hybridized carbons (Fsp3) is 0.286. The summed E-state index contributed by atoms with van der Waals surface area (Å²) in [7, 11) is 0. The van der Waals surface area contributed by atoms with Gasteiger partial charge in [-0.1, -0.05) is 48.5 Å². The van der Waals surface area contributed by atoms with Crippen molar-refractivity contribution in [1.29, 1.82) is 0 Å². The molecule has 1 aliphatic rings. The molecule has 0 saturated heterocycles. The van der Waals surface area contributed by atoms with Crippen molar-refractivity contribution in [1.82, 2.24) is 10.3 Å². The Hall–Kier alpha value is -2.17. The Bertz CT molecular complexity index is 859. The Morgan fingerprint density at radius 3 is 2.76 bits per heavy atom. The van der Waals surface area contributed by atoms with Crippen molar-refractivity contribution in [2.75, 3.05) is 6.61 Å². The minimum absolute atomic E-state index is 0.241. The topological polar surface area (TPSA) is 34.2 Å². The zero-order chi connectivity index (χ0) is 17.2. The number of rotatable bonds is 5. The molecule has 0 saturated carbocycles. The summed E-state index contributed by atoms with van der Waals surface area (Å²) in [6.07, 6.45) is 0.897. The molecule has 3 nitrogen and oxygen atoms in total. The highest BCUT2D eigenvalue weighted by atomic mass is 32.1. The van der Waals surface area contributed by atoms with Crippen LogP contribution in [0, 0.1) is 6.92 Å². The predicted molar refractivity (Wildman–Crippen MR) is 102 cm³/mol. The number of ether oxygens (including phenoxy) is 1. The molecule has 4 heteroatoms. The first-order valence-corrected chi connectivity index (χ1v) is 9.50. The number of benzene rings is 2. The van der Waals surface area contributed by atoms with Gasteiger partial charge in [0.05, 0.1) is 16.7 Å². The SMILES string of the molecule is Cc1nc(Cc2ccccc2)sc1[C@H](C)N[C@@H]1COc2ccccc21. The van der Waals surface area contributed by atoms with E-state index in [9.17, 15) is 0 Å². The average molecular weight is 350 g/mol. The molecule has 4 rings (SSSR count). The van der Waals surface area contributed by atoms with E-state index in [1.54, 1.807) is 0 Å². The standard InChI is InChI=1S/C21H22N2OS/c1-14(22-18-13-24-19-11-7-6-10-17(18)19)21-15(2)23-20(25-21)12-16-8-4-3-5-9-16/h3-11,14,18,22H,12-13H2,1-2H3/t14-,18+/m0/s1. The molecule has 0 aliphatic carbocycles. The zero-order valence-electron chi connectivity index (χ0n) is 14.5. The molecule has 0 radical (unpaired) electrons. The van der Waals surface area contributed by atoms with Crippen molar-refractivity contribution in [3.05, 3.63) is 81.3 Å². The van der Waals surface area contributed by atoms with Crippen molar-refractivity contribution in [3.63, 3.8) is 0 Å². The molecule has 2 atom stereocenters. The van der Waals surface area contributed by atoms with E-state index < -0.39 is 0 Å². The molecule has 0 bridgehead atoms. The van der Waals surface area contributed by atoms with Gasteiger partial charge in [-0.3, -0.25) is 5.32 Å². The molecule has 1 aromatic heterocycles. The molecule has 0 amide bonds. The van der Waals surface area contributed by atoms with Gasteiger partial charge in [-0.2, -0.15) is 0 Å². The number of hydrogen-bond acceptors (Lipinski definition) is 4. The van der Waals surface area contributed by atoms with Crippen LogP contribution in [0.25, 0.3) is 0 Å². The first-order valence-electron chi connectivity index (χ1n) is 8.68. The molecule has 2 aromatic carbocycles. The molecular formula is C21H22N2OS. The van der Waals surface area contributed by atoms with Crippen LogP contribution in [0.3, 0.4) is 0 Å². The van der Waals surface area contributed by atoms with Gasteiger partial charge in [-0.25, -0.2) is 4.98 Å². The van der Waals surface area contributed by atoms with Crippen molar-refractivity contribution in [3.8, 4) is 5.75 Å². The molecule has 25 heavy (non-hydrogen) atoms. The van der Waals surface area contributed by atoms with Gasteiger partial charge in [0.15, 0.2) is 0 Å². The normalized spacial score (nSPS) is 17.1. The van der Waals surface area contributed by atoms with Crippen LogP contribution in [0.1, 0.15) is 45.7 Å². The first-order chi connectivity index (χ1) is 12.2. The number of hydrogen-bond donors (Lipinski definition) is 1. The van der Waals surface area contributed by atoms with Gasteiger partial charge in [0.1, 0.15) is 12.4 Å². The third-order valence-electron chi connectivity index (χ3n) is 4.62. The van der Waals surface area contributed by atoms with E-state index in [2.05, 4.69) is 61.6 Å². The monoisotopic (exact) mass is 350 g/mol. The summed E-state index contributed by atoms with van der Waals surface area (Å²) in [5.74, 6) is 0.998. The Labute approximate surface area is 152 Å². The summed E-state index contributed by atoms with van der Waals surface area (Å²) in [5.41, 5.74) is 3.69. The van der Waals surface area contributed by atoms with Crippen molar-refractivity contribution in [2.45, 2.75) is 32.4 Å². The summed E-state index contributed by atoms with van der Waals surface area (Å²) in [6, 6.07) is 19.3. The van der Waals surface area contributed by atoms with Gasteiger partial charge >= 0.3 is 0 Å². The maximum Gasteiger partial charge on any atom is 0.124 e. The van der Waals surface area contributed by atoms with E-state index in [-0.39, 0.29) is 12.1 Å². The van der Waals surface area contributed by atoms with Gasteiger partial charge in [-0.15, -0.1) is 11.3 Å². The van der Waals surface area contributed by atoms with Crippen LogP contribution in [0.15, 0.2) is 54.6 Å². The van der Waals surface area contributed by atoms with Crippen LogP contribution >= 0.6 is 11.3 Å². The lowest BCUT2D eigenvalue weighted by atomic mass is 10.1. The maximum atomic E-state index is 5.79. The van der Waals surface area contributed by atoms with Crippen molar-refractivity contribution in [2.24, 2.45) is 0 Å². The summed E-state index contributed by atoms with van der Waals surface area (Å²) >= 11 is 1.81. The average Bonchev–Trinajstić information content (AvgIpc) is 3.20. The van der Waals surface area contributed by atoms with Crippen LogP contribution in [0.4, 0.5) is 0 Å². The highest BCUT2D eigenvalue weighted by Gasteiger charge is 2.26. The van der Waals surface area contributed by atoms with Gasteiger partial charge in [0, 0.05) is 22.9 Å². The highest BCUT2D eigenvalue weighted by molar-refractivity contribution is 7.11. The van der Waals surface area contributed by atoms with Crippen LogP contribution in [0.5, 0.6) is 5.75 Å². The molecule has 0 spiro atoms. The molecule has 0 fully saturated rings. The number of para-hydroxylation sites is 1. The minimum Gasteiger partial charge on any atom is -0.491 e. The molecule has 1 N–H and O–H groups in total. The lowest BCUT2D eigenvalue weighted by molar-refractivity contribution is 0.301. The van der Waals surface area contributed by atoms with Crippen LogP contribution in [-0.4, -0.2) is 11.6 Å². The van der Waals surface area contributed by atoms with Gasteiger partial charge in [-0.05, 0) is 25.5 Å². The number of aryl methyl sites for hydroxylation is 1. The smallest absolute Gasteiger partial charge is 0.124 e. The van der Waals surface area contributed by atoms with E-state index in [1.165, 1.54) is 21.0 Å². The second-order valence-electron chi connectivity index (χ2n) is 6.51. The summed E-state index contributed by atoms with van der Waals surface area (Å²) in [6.45, 7) is 5.02. The summed E-state index contributed by atoms with van der Waals surface area (Å²) in [5, 5.41) is 4.89. The van der Waals surface area contributed by atoms with Gasteiger partial charge in [0.2, 0.25) is 0 Å². The van der Waals surface area contributed by atoms with Crippen molar-refractivity contribution < 1.29 is 4.74 Å². The van der Waals surface area contributed by atoms with E-state index in [4.69, 9.17) is 9.72 Å². The Balaban J connectivity index is 1.48. The zero-order valence-corrected chi connectivity index (χ0v) is 15.3. The first kappa shape index (κ1) is 16.3. The second kappa shape index (κ2) is 6.98. The van der Waals surface area contributed by atoms with Crippen LogP contribution in [0.2, 0.25) is 0 Å². The third-order valence-corrected chi connectivity index (χ3v) is 5.96. The van der Waals surface area contributed by atoms with E-state index in [0.29, 0.717) is 6.61 Å². The molecule has 128 valence electrons. The fourth-order valence-corrected chi connectivity index (χ4v) is 4.51. The predicted octanol–water partition coefficient (Wildman–Crippen LogP) is 4.83. The van der Waals surface area contributed by atoms with Crippen molar-refractivity contribution >= 4 is 11.3 Å². The third kappa shape index (κ3) is 3.46. The Morgan fingerprint density at radius 1 is 1.16 bits per heavy atom. The molecule has 1 aliphatic heterocycles. The largest absolute Gasteiger partial charge is 0.491 e. The Morgan fingerprint density at radius 2 is 1.92 bits per heavy atom. The van der Waals surface area contributed by atoms with Crippen LogP contribution in [-0.2, 0) is 6.42 Å². The second-order valence-corrected chi connectivity index (χ2v) is 7.62. The number of thiazole rings is 1. The van der Waals surface area contributed by atoms with E-state index in [0.717, 1.165) is 17.9 Å². The molecular weight excluding hydrogens is 328 g/mol. The molecule has 0 unspecified atom stereocenters. The number of aromatic nitrogens is 1. The minimum atomic E-state index is 0.241. The fourth-order valence-electron chi connectivity index (χ4n) is 3.39. The summed E-state index contributed by atoms with van der Waals surface area (Å²) in [4.78, 5) is 6.11.